The van der Waals surface area contributed by atoms with Crippen LogP contribution in [-0.2, 0) is 9.59 Å². The van der Waals surface area contributed by atoms with Crippen molar-refractivity contribution in [1.82, 2.24) is 10.6 Å². The SMILES string of the molecule is CCOc1ccccc1C(CC(=O)N[C@@H](C)CN)NC(C)=O.Cl. The van der Waals surface area contributed by atoms with E-state index in [1.165, 1.54) is 6.92 Å². The molecule has 0 heterocycles. The van der Waals surface area contributed by atoms with Gasteiger partial charge in [-0.25, -0.2) is 0 Å². The topological polar surface area (TPSA) is 93.4 Å². The van der Waals surface area contributed by atoms with Gasteiger partial charge in [0.25, 0.3) is 0 Å². The monoisotopic (exact) mass is 343 g/mol. The van der Waals surface area contributed by atoms with E-state index in [4.69, 9.17) is 10.5 Å². The smallest absolute Gasteiger partial charge is 0.222 e. The quantitative estimate of drug-likeness (QED) is 0.667. The molecule has 1 aromatic rings. The second-order valence-corrected chi connectivity index (χ2v) is 5.13. The molecule has 1 aromatic carbocycles. The molecule has 0 radical (unpaired) electrons. The molecule has 0 aliphatic rings. The molecule has 0 aliphatic heterocycles. The summed E-state index contributed by atoms with van der Waals surface area (Å²) in [5.74, 6) is 0.308. The summed E-state index contributed by atoms with van der Waals surface area (Å²) < 4.78 is 5.58. The summed E-state index contributed by atoms with van der Waals surface area (Å²) >= 11 is 0. The van der Waals surface area contributed by atoms with Crippen molar-refractivity contribution in [3.63, 3.8) is 0 Å². The summed E-state index contributed by atoms with van der Waals surface area (Å²) in [6.45, 7) is 6.03. The minimum atomic E-state index is -0.440. The van der Waals surface area contributed by atoms with Crippen molar-refractivity contribution in [2.24, 2.45) is 5.73 Å². The summed E-state index contributed by atoms with van der Waals surface area (Å²) in [6, 6.07) is 6.85. The van der Waals surface area contributed by atoms with E-state index in [9.17, 15) is 9.59 Å². The predicted octanol–water partition coefficient (Wildman–Crippen LogP) is 1.54. The molecule has 0 aliphatic carbocycles. The number of hydrogen-bond acceptors (Lipinski definition) is 4. The van der Waals surface area contributed by atoms with Crippen LogP contribution in [0.3, 0.4) is 0 Å². The van der Waals surface area contributed by atoms with Crippen molar-refractivity contribution in [1.29, 1.82) is 0 Å². The highest BCUT2D eigenvalue weighted by atomic mass is 35.5. The molecule has 0 saturated heterocycles. The van der Waals surface area contributed by atoms with Crippen LogP contribution in [0, 0.1) is 0 Å². The lowest BCUT2D eigenvalue weighted by atomic mass is 10.0. The first-order chi connectivity index (χ1) is 10.5. The van der Waals surface area contributed by atoms with Gasteiger partial charge in [-0.3, -0.25) is 9.59 Å². The Morgan fingerprint density at radius 3 is 2.48 bits per heavy atom. The van der Waals surface area contributed by atoms with Crippen LogP contribution in [0.2, 0.25) is 0 Å². The first-order valence-electron chi connectivity index (χ1n) is 7.46. The molecule has 2 atom stereocenters. The Hall–Kier alpha value is -1.79. The molecule has 6 nitrogen and oxygen atoms in total. The molecule has 4 N–H and O–H groups in total. The van der Waals surface area contributed by atoms with Gasteiger partial charge in [-0.1, -0.05) is 18.2 Å². The molecule has 2 amide bonds. The Labute approximate surface area is 143 Å². The van der Waals surface area contributed by atoms with Crippen LogP contribution in [-0.4, -0.2) is 31.0 Å². The van der Waals surface area contributed by atoms with Crippen molar-refractivity contribution in [3.8, 4) is 5.75 Å². The lowest BCUT2D eigenvalue weighted by Gasteiger charge is -2.21. The van der Waals surface area contributed by atoms with Gasteiger partial charge in [0.05, 0.1) is 19.1 Å². The van der Waals surface area contributed by atoms with Crippen LogP contribution >= 0.6 is 12.4 Å². The molecule has 23 heavy (non-hydrogen) atoms. The van der Waals surface area contributed by atoms with E-state index in [0.29, 0.717) is 18.9 Å². The average Bonchev–Trinajstić information content (AvgIpc) is 2.46. The van der Waals surface area contributed by atoms with Crippen LogP contribution < -0.4 is 21.1 Å². The second-order valence-electron chi connectivity index (χ2n) is 5.13. The van der Waals surface area contributed by atoms with E-state index >= 15 is 0 Å². The lowest BCUT2D eigenvalue weighted by molar-refractivity contribution is -0.123. The Morgan fingerprint density at radius 1 is 1.26 bits per heavy atom. The summed E-state index contributed by atoms with van der Waals surface area (Å²) in [5, 5.41) is 5.60. The van der Waals surface area contributed by atoms with Crippen molar-refractivity contribution in [3.05, 3.63) is 29.8 Å². The zero-order valence-electron chi connectivity index (χ0n) is 13.8. The maximum Gasteiger partial charge on any atom is 0.222 e. The number of benzene rings is 1. The van der Waals surface area contributed by atoms with Gasteiger partial charge in [0.1, 0.15) is 5.75 Å². The Kier molecular flexibility index (Phi) is 10.0. The van der Waals surface area contributed by atoms with Gasteiger partial charge in [-0.2, -0.15) is 0 Å². The number of nitrogens with two attached hydrogens (primary N) is 1. The number of halogens is 1. The van der Waals surface area contributed by atoms with Crippen LogP contribution in [0.15, 0.2) is 24.3 Å². The molecule has 0 saturated carbocycles. The predicted molar refractivity (Wildman–Crippen MR) is 92.7 cm³/mol. The number of carbonyl (C=O) groups excluding carboxylic acids is 2. The highest BCUT2D eigenvalue weighted by Crippen LogP contribution is 2.27. The maximum absolute atomic E-state index is 12.1. The maximum atomic E-state index is 12.1. The van der Waals surface area contributed by atoms with Crippen LogP contribution in [0.25, 0.3) is 0 Å². The Morgan fingerprint density at radius 2 is 1.91 bits per heavy atom. The largest absolute Gasteiger partial charge is 0.494 e. The number of hydrogen-bond donors (Lipinski definition) is 3. The van der Waals surface area contributed by atoms with Gasteiger partial charge in [-0.05, 0) is 19.9 Å². The van der Waals surface area contributed by atoms with Gasteiger partial charge in [0.2, 0.25) is 11.8 Å². The zero-order chi connectivity index (χ0) is 16.5. The minimum Gasteiger partial charge on any atom is -0.494 e. The van der Waals surface area contributed by atoms with Crippen molar-refractivity contribution in [2.75, 3.05) is 13.2 Å². The number of nitrogens with one attached hydrogen (secondary N) is 2. The van der Waals surface area contributed by atoms with Gasteiger partial charge in [0.15, 0.2) is 0 Å². The highest BCUT2D eigenvalue weighted by molar-refractivity contribution is 5.85. The summed E-state index contributed by atoms with van der Waals surface area (Å²) in [4.78, 5) is 23.5. The van der Waals surface area contributed by atoms with E-state index in [2.05, 4.69) is 10.6 Å². The Bertz CT molecular complexity index is 511. The summed E-state index contributed by atoms with van der Waals surface area (Å²) in [7, 11) is 0. The van der Waals surface area contributed by atoms with Crippen molar-refractivity contribution >= 4 is 24.2 Å². The molecule has 0 bridgehead atoms. The fourth-order valence-corrected chi connectivity index (χ4v) is 2.12. The van der Waals surface area contributed by atoms with Gasteiger partial charge in [-0.15, -0.1) is 12.4 Å². The van der Waals surface area contributed by atoms with Crippen LogP contribution in [0.5, 0.6) is 5.75 Å². The van der Waals surface area contributed by atoms with Crippen molar-refractivity contribution in [2.45, 2.75) is 39.3 Å². The third kappa shape index (κ3) is 7.34. The molecule has 130 valence electrons. The fourth-order valence-electron chi connectivity index (χ4n) is 2.12. The lowest BCUT2D eigenvalue weighted by Crippen LogP contribution is -2.40. The molecule has 0 aromatic heterocycles. The van der Waals surface area contributed by atoms with E-state index in [1.807, 2.05) is 38.1 Å². The first kappa shape index (κ1) is 21.2. The molecule has 0 spiro atoms. The summed E-state index contributed by atoms with van der Waals surface area (Å²) in [6.07, 6.45) is 0.133. The van der Waals surface area contributed by atoms with Crippen LogP contribution in [0.4, 0.5) is 0 Å². The number of rotatable bonds is 8. The Balaban J connectivity index is 0.00000484. The first-order valence-corrected chi connectivity index (χ1v) is 7.46. The van der Waals surface area contributed by atoms with Gasteiger partial charge >= 0.3 is 0 Å². The van der Waals surface area contributed by atoms with E-state index in [1.54, 1.807) is 0 Å². The summed E-state index contributed by atoms with van der Waals surface area (Å²) in [5.41, 5.74) is 6.29. The van der Waals surface area contributed by atoms with Crippen LogP contribution in [0.1, 0.15) is 38.8 Å². The highest BCUT2D eigenvalue weighted by Gasteiger charge is 2.21. The average molecular weight is 344 g/mol. The number of amides is 2. The standard InChI is InChI=1S/C16H25N3O3.ClH/c1-4-22-15-8-6-5-7-13(15)14(19-12(3)20)9-16(21)18-11(2)10-17;/h5-8,11,14H,4,9-10,17H2,1-3H3,(H,18,21)(H,19,20);1H/t11-,14?;/m0./s1. The molecular formula is C16H26ClN3O3. The molecule has 7 heteroatoms. The van der Waals surface area contributed by atoms with Gasteiger partial charge in [0, 0.05) is 25.1 Å². The number of ether oxygens (including phenoxy) is 1. The van der Waals surface area contributed by atoms with E-state index in [-0.39, 0.29) is 36.7 Å². The molecule has 1 unspecified atom stereocenters. The molecule has 1 rings (SSSR count). The third-order valence-corrected chi connectivity index (χ3v) is 3.12. The second kappa shape index (κ2) is 10.9. The number of para-hydroxylation sites is 1. The normalized spacial score (nSPS) is 12.5. The van der Waals surface area contributed by atoms with Gasteiger partial charge < -0.3 is 21.1 Å². The fraction of sp³-hybridized carbons (Fsp3) is 0.500. The number of carbonyl (C=O) groups is 2. The molecule has 0 fully saturated rings. The van der Waals surface area contributed by atoms with Crippen molar-refractivity contribution < 1.29 is 14.3 Å². The third-order valence-electron chi connectivity index (χ3n) is 3.12. The zero-order valence-corrected chi connectivity index (χ0v) is 14.6. The van der Waals surface area contributed by atoms with E-state index < -0.39 is 6.04 Å². The molecular weight excluding hydrogens is 318 g/mol. The van der Waals surface area contributed by atoms with E-state index in [0.717, 1.165) is 5.56 Å². The minimum absolute atomic E-state index is 0.